The van der Waals surface area contributed by atoms with Gasteiger partial charge in [0.25, 0.3) is 5.91 Å². The van der Waals surface area contributed by atoms with Gasteiger partial charge >= 0.3 is 0 Å². The van der Waals surface area contributed by atoms with Gasteiger partial charge in [-0.3, -0.25) is 4.79 Å². The Kier molecular flexibility index (Phi) is 6.38. The summed E-state index contributed by atoms with van der Waals surface area (Å²) in [5.74, 6) is 1.05. The molecule has 5 heteroatoms. The average molecular weight is 407 g/mol. The smallest absolute Gasteiger partial charge is 0.275 e. The molecule has 1 fully saturated rings. The van der Waals surface area contributed by atoms with E-state index in [4.69, 9.17) is 4.74 Å². The number of aromatic amines is 1. The molecule has 3 atom stereocenters. The number of amides is 1. The van der Waals surface area contributed by atoms with Gasteiger partial charge < -0.3 is 19.9 Å². The Bertz CT molecular complexity index is 979. The molecule has 1 aliphatic rings. The summed E-state index contributed by atoms with van der Waals surface area (Å²) in [6.07, 6.45) is 5.79. The molecule has 1 aliphatic heterocycles. The lowest BCUT2D eigenvalue weighted by Crippen LogP contribution is -3.17. The fourth-order valence-corrected chi connectivity index (χ4v) is 4.63. The van der Waals surface area contributed by atoms with Crippen molar-refractivity contribution in [1.82, 2.24) is 10.3 Å². The standard InChI is InChI=1S/C25H31N3O2/c1-18-7-5-6-14-28(18)17-25(29)27-15-22(19-10-12-20(30-2)13-11-19)23-16-26-24-9-4-3-8-21(23)24/h3-4,8-13,16,18,22,26H,5-7,14-15,17H2,1-2H3,(H,27,29)/p+1/t18-,22+/m1/s1. The van der Waals surface area contributed by atoms with E-state index in [0.717, 1.165) is 17.8 Å². The number of rotatable bonds is 7. The van der Waals surface area contributed by atoms with E-state index >= 15 is 0 Å². The molecule has 2 heterocycles. The maximum atomic E-state index is 12.8. The van der Waals surface area contributed by atoms with E-state index < -0.39 is 0 Å². The van der Waals surface area contributed by atoms with Crippen molar-refractivity contribution in [3.05, 3.63) is 65.9 Å². The van der Waals surface area contributed by atoms with Crippen molar-refractivity contribution in [1.29, 1.82) is 0 Å². The molecule has 1 aromatic heterocycles. The highest BCUT2D eigenvalue weighted by Crippen LogP contribution is 2.31. The molecule has 5 nitrogen and oxygen atoms in total. The predicted octanol–water partition coefficient (Wildman–Crippen LogP) is 2.88. The summed E-state index contributed by atoms with van der Waals surface area (Å²) >= 11 is 0. The molecule has 158 valence electrons. The summed E-state index contributed by atoms with van der Waals surface area (Å²) in [5.41, 5.74) is 3.48. The molecule has 0 aliphatic carbocycles. The van der Waals surface area contributed by atoms with Crippen LogP contribution in [0, 0.1) is 0 Å². The Labute approximate surface area is 178 Å². The third-order valence-corrected chi connectivity index (χ3v) is 6.49. The van der Waals surface area contributed by atoms with E-state index in [2.05, 4.69) is 53.8 Å². The molecule has 0 spiro atoms. The number of fused-ring (bicyclic) bond motifs is 1. The number of piperidine rings is 1. The van der Waals surface area contributed by atoms with E-state index in [0.29, 0.717) is 19.1 Å². The Morgan fingerprint density at radius 3 is 2.77 bits per heavy atom. The molecule has 30 heavy (non-hydrogen) atoms. The zero-order chi connectivity index (χ0) is 20.9. The van der Waals surface area contributed by atoms with Crippen LogP contribution in [0.25, 0.3) is 10.9 Å². The highest BCUT2D eigenvalue weighted by molar-refractivity contribution is 5.84. The predicted molar refractivity (Wildman–Crippen MR) is 120 cm³/mol. The number of benzene rings is 2. The van der Waals surface area contributed by atoms with Gasteiger partial charge in [-0.05, 0) is 55.5 Å². The van der Waals surface area contributed by atoms with Gasteiger partial charge in [0.15, 0.2) is 6.54 Å². The van der Waals surface area contributed by atoms with Gasteiger partial charge in [-0.15, -0.1) is 0 Å². The number of H-pyrrole nitrogens is 1. The fourth-order valence-electron chi connectivity index (χ4n) is 4.63. The number of likely N-dealkylation sites (tertiary alicyclic amines) is 1. The highest BCUT2D eigenvalue weighted by Gasteiger charge is 2.25. The van der Waals surface area contributed by atoms with Crippen LogP contribution in [0.5, 0.6) is 5.75 Å². The summed E-state index contributed by atoms with van der Waals surface area (Å²) in [4.78, 5) is 17.6. The second-order valence-corrected chi connectivity index (χ2v) is 8.40. The number of nitrogens with one attached hydrogen (secondary N) is 3. The lowest BCUT2D eigenvalue weighted by Gasteiger charge is -2.29. The zero-order valence-corrected chi connectivity index (χ0v) is 17.9. The number of methoxy groups -OCH3 is 1. The summed E-state index contributed by atoms with van der Waals surface area (Å²) in [6.45, 7) is 4.49. The molecule has 2 aromatic carbocycles. The average Bonchev–Trinajstić information content (AvgIpc) is 3.20. The van der Waals surface area contributed by atoms with E-state index in [-0.39, 0.29) is 11.8 Å². The molecule has 4 rings (SSSR count). The van der Waals surface area contributed by atoms with Crippen LogP contribution < -0.4 is 15.0 Å². The summed E-state index contributed by atoms with van der Waals surface area (Å²) < 4.78 is 5.32. The maximum absolute atomic E-state index is 12.8. The van der Waals surface area contributed by atoms with Crippen LogP contribution in [0.3, 0.4) is 0 Å². The monoisotopic (exact) mass is 406 g/mol. The number of hydrogen-bond acceptors (Lipinski definition) is 2. The van der Waals surface area contributed by atoms with Crippen molar-refractivity contribution in [2.75, 3.05) is 26.7 Å². The maximum Gasteiger partial charge on any atom is 0.275 e. The Hall–Kier alpha value is -2.79. The molecule has 1 amide bonds. The Morgan fingerprint density at radius 2 is 2.00 bits per heavy atom. The minimum Gasteiger partial charge on any atom is -0.497 e. The molecular weight excluding hydrogens is 374 g/mol. The number of para-hydroxylation sites is 1. The first-order valence-corrected chi connectivity index (χ1v) is 11.0. The van der Waals surface area contributed by atoms with Crippen molar-refractivity contribution >= 4 is 16.8 Å². The van der Waals surface area contributed by atoms with Crippen LogP contribution in [0.15, 0.2) is 54.7 Å². The molecule has 3 N–H and O–H groups in total. The topological polar surface area (TPSA) is 58.6 Å². The number of hydrogen-bond donors (Lipinski definition) is 3. The van der Waals surface area contributed by atoms with Gasteiger partial charge in [-0.1, -0.05) is 30.3 Å². The molecule has 1 saturated heterocycles. The van der Waals surface area contributed by atoms with Crippen LogP contribution in [-0.4, -0.2) is 43.7 Å². The van der Waals surface area contributed by atoms with Crippen molar-refractivity contribution in [2.24, 2.45) is 0 Å². The molecule has 1 unspecified atom stereocenters. The van der Waals surface area contributed by atoms with Crippen LogP contribution >= 0.6 is 0 Å². The van der Waals surface area contributed by atoms with Crippen LogP contribution in [0.4, 0.5) is 0 Å². The molecule has 3 aromatic rings. The first-order valence-electron chi connectivity index (χ1n) is 11.0. The van der Waals surface area contributed by atoms with Gasteiger partial charge in [0, 0.05) is 29.6 Å². The van der Waals surface area contributed by atoms with E-state index in [9.17, 15) is 4.79 Å². The van der Waals surface area contributed by atoms with Crippen molar-refractivity contribution in [2.45, 2.75) is 38.1 Å². The van der Waals surface area contributed by atoms with Gasteiger partial charge in [0.1, 0.15) is 5.75 Å². The fraction of sp³-hybridized carbons (Fsp3) is 0.400. The Balaban J connectivity index is 1.53. The number of carbonyl (C=O) groups excluding carboxylic acids is 1. The molecule has 0 bridgehead atoms. The molecular formula is C25H32N3O2+. The van der Waals surface area contributed by atoms with Crippen LogP contribution in [0.2, 0.25) is 0 Å². The van der Waals surface area contributed by atoms with Crippen molar-refractivity contribution in [3.8, 4) is 5.75 Å². The second kappa shape index (κ2) is 9.35. The van der Waals surface area contributed by atoms with Crippen LogP contribution in [0.1, 0.15) is 43.2 Å². The first-order chi connectivity index (χ1) is 14.7. The number of quaternary nitrogens is 1. The quantitative estimate of drug-likeness (QED) is 0.565. The summed E-state index contributed by atoms with van der Waals surface area (Å²) in [7, 11) is 1.68. The van der Waals surface area contributed by atoms with E-state index in [1.807, 2.05) is 18.2 Å². The first kappa shape index (κ1) is 20.5. The third-order valence-electron chi connectivity index (χ3n) is 6.49. The third kappa shape index (κ3) is 4.51. The SMILES string of the molecule is COc1ccc([C@H](CNC(=O)C[NH+]2CCCC[C@H]2C)c2c[nH]c3ccccc23)cc1. The number of ether oxygens (including phenoxy) is 1. The number of carbonyl (C=O) groups is 1. The largest absolute Gasteiger partial charge is 0.497 e. The van der Waals surface area contributed by atoms with Crippen molar-refractivity contribution in [3.63, 3.8) is 0 Å². The van der Waals surface area contributed by atoms with E-state index in [1.165, 1.54) is 40.7 Å². The molecule has 0 radical (unpaired) electrons. The van der Waals surface area contributed by atoms with Gasteiger partial charge in [-0.25, -0.2) is 0 Å². The van der Waals surface area contributed by atoms with Gasteiger partial charge in [-0.2, -0.15) is 0 Å². The second-order valence-electron chi connectivity index (χ2n) is 8.40. The lowest BCUT2D eigenvalue weighted by atomic mass is 9.90. The normalized spacial score (nSPS) is 20.1. The van der Waals surface area contributed by atoms with Gasteiger partial charge in [0.05, 0.1) is 19.7 Å². The van der Waals surface area contributed by atoms with Gasteiger partial charge in [0.2, 0.25) is 0 Å². The molecule has 0 saturated carbocycles. The van der Waals surface area contributed by atoms with Crippen molar-refractivity contribution < 1.29 is 14.4 Å². The zero-order valence-electron chi connectivity index (χ0n) is 17.9. The summed E-state index contributed by atoms with van der Waals surface area (Å²) in [6, 6.07) is 17.0. The summed E-state index contributed by atoms with van der Waals surface area (Å²) in [5, 5.41) is 4.42. The van der Waals surface area contributed by atoms with Crippen LogP contribution in [-0.2, 0) is 4.79 Å². The lowest BCUT2D eigenvalue weighted by molar-refractivity contribution is -0.921. The van der Waals surface area contributed by atoms with E-state index in [1.54, 1.807) is 7.11 Å². The Morgan fingerprint density at radius 1 is 1.20 bits per heavy atom. The highest BCUT2D eigenvalue weighted by atomic mass is 16.5. The number of aromatic nitrogens is 1. The minimum absolute atomic E-state index is 0.0739. The minimum atomic E-state index is 0.0739.